The van der Waals surface area contributed by atoms with Crippen molar-refractivity contribution in [3.63, 3.8) is 0 Å². The van der Waals surface area contributed by atoms with Crippen LogP contribution in [0.15, 0.2) is 29.2 Å². The van der Waals surface area contributed by atoms with Crippen LogP contribution in [0.2, 0.25) is 0 Å². The van der Waals surface area contributed by atoms with Crippen molar-refractivity contribution in [2.24, 2.45) is 5.41 Å². The molecule has 5 heteroatoms. The predicted octanol–water partition coefficient (Wildman–Crippen LogP) is 2.44. The second kappa shape index (κ2) is 7.29. The smallest absolute Gasteiger partial charge is 0.238 e. The van der Waals surface area contributed by atoms with Crippen LogP contribution in [0.3, 0.4) is 0 Å². The highest BCUT2D eigenvalue weighted by molar-refractivity contribution is 7.98. The van der Waals surface area contributed by atoms with Crippen LogP contribution in [0.5, 0.6) is 0 Å². The number of thioether (sulfide) groups is 1. The minimum absolute atomic E-state index is 0.00967. The van der Waals surface area contributed by atoms with E-state index >= 15 is 0 Å². The second-order valence-electron chi connectivity index (χ2n) is 6.06. The Labute approximate surface area is 130 Å². The van der Waals surface area contributed by atoms with Crippen molar-refractivity contribution in [2.75, 3.05) is 37.8 Å². The van der Waals surface area contributed by atoms with Gasteiger partial charge in [0.05, 0.1) is 6.54 Å². The number of anilines is 1. The molecular weight excluding hydrogens is 284 g/mol. The molecule has 0 aliphatic carbocycles. The molecule has 1 aromatic rings. The Bertz CT molecular complexity index is 495. The Morgan fingerprint density at radius 1 is 1.52 bits per heavy atom. The Morgan fingerprint density at radius 2 is 2.33 bits per heavy atom. The molecule has 2 N–H and O–H groups in total. The first kappa shape index (κ1) is 16.3. The summed E-state index contributed by atoms with van der Waals surface area (Å²) in [7, 11) is 0. The molecule has 2 rings (SSSR count). The van der Waals surface area contributed by atoms with Crippen molar-refractivity contribution in [3.8, 4) is 0 Å². The maximum Gasteiger partial charge on any atom is 0.238 e. The van der Waals surface area contributed by atoms with E-state index in [1.165, 1.54) is 0 Å². The number of amides is 1. The topological polar surface area (TPSA) is 52.6 Å². The number of nitrogens with zero attached hydrogens (tertiary/aromatic N) is 1. The van der Waals surface area contributed by atoms with E-state index in [2.05, 4.69) is 17.1 Å². The molecule has 1 heterocycles. The van der Waals surface area contributed by atoms with E-state index in [-0.39, 0.29) is 17.9 Å². The molecule has 0 spiro atoms. The SMILES string of the molecule is CSc1cccc(NC(=O)CN2CCCC(C)(CO)C2)c1. The van der Waals surface area contributed by atoms with Crippen molar-refractivity contribution in [3.05, 3.63) is 24.3 Å². The number of hydrogen-bond donors (Lipinski definition) is 2. The van der Waals surface area contributed by atoms with Crippen molar-refractivity contribution >= 4 is 23.4 Å². The number of piperidine rings is 1. The summed E-state index contributed by atoms with van der Waals surface area (Å²) >= 11 is 1.66. The van der Waals surface area contributed by atoms with Crippen LogP contribution >= 0.6 is 11.8 Å². The van der Waals surface area contributed by atoms with Crippen molar-refractivity contribution < 1.29 is 9.90 Å². The summed E-state index contributed by atoms with van der Waals surface area (Å²) in [6.07, 6.45) is 4.08. The minimum Gasteiger partial charge on any atom is -0.396 e. The molecule has 4 nitrogen and oxygen atoms in total. The van der Waals surface area contributed by atoms with E-state index in [1.54, 1.807) is 11.8 Å². The van der Waals surface area contributed by atoms with Gasteiger partial charge in [-0.15, -0.1) is 11.8 Å². The maximum atomic E-state index is 12.2. The monoisotopic (exact) mass is 308 g/mol. The lowest BCUT2D eigenvalue weighted by molar-refractivity contribution is -0.118. The van der Waals surface area contributed by atoms with Crippen LogP contribution in [-0.2, 0) is 4.79 Å². The van der Waals surface area contributed by atoms with Gasteiger partial charge in [0, 0.05) is 29.1 Å². The van der Waals surface area contributed by atoms with Gasteiger partial charge in [-0.2, -0.15) is 0 Å². The lowest BCUT2D eigenvalue weighted by atomic mass is 9.83. The fraction of sp³-hybridized carbons (Fsp3) is 0.562. The summed E-state index contributed by atoms with van der Waals surface area (Å²) in [6.45, 7) is 4.36. The number of likely N-dealkylation sites (tertiary alicyclic amines) is 1. The first-order valence-electron chi connectivity index (χ1n) is 7.32. The number of benzene rings is 1. The average Bonchev–Trinajstić information content (AvgIpc) is 2.47. The highest BCUT2D eigenvalue weighted by atomic mass is 32.2. The number of aliphatic hydroxyl groups is 1. The average molecular weight is 308 g/mol. The summed E-state index contributed by atoms with van der Waals surface area (Å²) in [4.78, 5) is 15.4. The van der Waals surface area contributed by atoms with Gasteiger partial charge in [0.2, 0.25) is 5.91 Å². The van der Waals surface area contributed by atoms with Gasteiger partial charge in [0.25, 0.3) is 0 Å². The number of rotatable bonds is 5. The van der Waals surface area contributed by atoms with Gasteiger partial charge in [-0.05, 0) is 43.8 Å². The minimum atomic E-state index is -0.0721. The zero-order valence-corrected chi connectivity index (χ0v) is 13.6. The molecule has 1 aliphatic heterocycles. The Morgan fingerprint density at radius 3 is 3.05 bits per heavy atom. The second-order valence-corrected chi connectivity index (χ2v) is 6.94. The quantitative estimate of drug-likeness (QED) is 0.820. The van der Waals surface area contributed by atoms with Crippen molar-refractivity contribution in [1.29, 1.82) is 0 Å². The van der Waals surface area contributed by atoms with Crippen LogP contribution in [0.4, 0.5) is 5.69 Å². The van der Waals surface area contributed by atoms with Gasteiger partial charge in [-0.1, -0.05) is 13.0 Å². The molecule has 116 valence electrons. The van der Waals surface area contributed by atoms with Gasteiger partial charge < -0.3 is 10.4 Å². The lowest BCUT2D eigenvalue weighted by Crippen LogP contribution is -2.46. The van der Waals surface area contributed by atoms with Gasteiger partial charge in [-0.25, -0.2) is 0 Å². The van der Waals surface area contributed by atoms with Gasteiger partial charge >= 0.3 is 0 Å². The van der Waals surface area contributed by atoms with E-state index < -0.39 is 0 Å². The fourth-order valence-electron chi connectivity index (χ4n) is 2.80. The third-order valence-corrected chi connectivity index (χ3v) is 4.69. The van der Waals surface area contributed by atoms with Gasteiger partial charge in [-0.3, -0.25) is 9.69 Å². The molecule has 1 aromatic carbocycles. The fourth-order valence-corrected chi connectivity index (χ4v) is 3.26. The predicted molar refractivity (Wildman–Crippen MR) is 87.7 cm³/mol. The Balaban J connectivity index is 1.89. The number of carbonyl (C=O) groups excluding carboxylic acids is 1. The Kier molecular flexibility index (Phi) is 5.67. The molecule has 0 saturated carbocycles. The Hall–Kier alpha value is -1.04. The van der Waals surface area contributed by atoms with E-state index in [9.17, 15) is 9.90 Å². The van der Waals surface area contributed by atoms with Gasteiger partial charge in [0.1, 0.15) is 0 Å². The molecule has 1 saturated heterocycles. The molecule has 0 bridgehead atoms. The van der Waals surface area contributed by atoms with E-state index in [0.29, 0.717) is 6.54 Å². The van der Waals surface area contributed by atoms with Crippen LogP contribution in [0.1, 0.15) is 19.8 Å². The summed E-state index contributed by atoms with van der Waals surface area (Å²) in [5, 5.41) is 12.4. The third-order valence-electron chi connectivity index (χ3n) is 3.96. The molecule has 21 heavy (non-hydrogen) atoms. The molecule has 0 aromatic heterocycles. The number of hydrogen-bond acceptors (Lipinski definition) is 4. The maximum absolute atomic E-state index is 12.2. The van der Waals surface area contributed by atoms with E-state index in [1.807, 2.05) is 30.5 Å². The molecular formula is C16H24N2O2S. The van der Waals surface area contributed by atoms with Gasteiger partial charge in [0.15, 0.2) is 0 Å². The number of nitrogens with one attached hydrogen (secondary N) is 1. The first-order valence-corrected chi connectivity index (χ1v) is 8.54. The zero-order valence-electron chi connectivity index (χ0n) is 12.8. The van der Waals surface area contributed by atoms with Crippen molar-refractivity contribution in [1.82, 2.24) is 4.90 Å². The zero-order chi connectivity index (χ0) is 15.3. The number of aliphatic hydroxyl groups excluding tert-OH is 1. The summed E-state index contributed by atoms with van der Waals surface area (Å²) < 4.78 is 0. The largest absolute Gasteiger partial charge is 0.396 e. The van der Waals surface area contributed by atoms with Crippen molar-refractivity contribution in [2.45, 2.75) is 24.7 Å². The van der Waals surface area contributed by atoms with Crippen LogP contribution < -0.4 is 5.32 Å². The normalized spacial score (nSPS) is 23.0. The van der Waals surface area contributed by atoms with Crippen LogP contribution in [0, 0.1) is 5.41 Å². The molecule has 1 fully saturated rings. The highest BCUT2D eigenvalue weighted by Crippen LogP contribution is 2.28. The molecule has 0 radical (unpaired) electrons. The molecule has 1 atom stereocenters. The van der Waals surface area contributed by atoms with E-state index in [4.69, 9.17) is 0 Å². The highest BCUT2D eigenvalue weighted by Gasteiger charge is 2.30. The first-order chi connectivity index (χ1) is 10.0. The van der Waals surface area contributed by atoms with Crippen LogP contribution in [0.25, 0.3) is 0 Å². The third kappa shape index (κ3) is 4.73. The summed E-state index contributed by atoms with van der Waals surface area (Å²) in [5.41, 5.74) is 0.769. The van der Waals surface area contributed by atoms with Crippen LogP contribution in [-0.4, -0.2) is 48.4 Å². The lowest BCUT2D eigenvalue weighted by Gasteiger charge is -2.38. The summed E-state index contributed by atoms with van der Waals surface area (Å²) in [6, 6.07) is 7.87. The molecule has 1 amide bonds. The standard InChI is InChI=1S/C16H24N2O2S/c1-16(12-19)7-4-8-18(11-16)10-15(20)17-13-5-3-6-14(9-13)21-2/h3,5-6,9,19H,4,7-8,10-12H2,1-2H3,(H,17,20). The number of carbonyl (C=O) groups is 1. The van der Waals surface area contributed by atoms with E-state index in [0.717, 1.165) is 36.5 Å². The summed E-state index contributed by atoms with van der Waals surface area (Å²) in [5.74, 6) is 0.00967. The molecule has 1 aliphatic rings. The molecule has 1 unspecified atom stereocenters.